The molecule has 0 fully saturated rings. The van der Waals surface area contributed by atoms with Gasteiger partial charge in [-0.25, -0.2) is 8.78 Å². The molecule has 6 heteroatoms. The molecule has 0 aliphatic rings. The largest absolute Gasteiger partial charge is 0.391 e. The van der Waals surface area contributed by atoms with E-state index < -0.39 is 18.2 Å². The number of aliphatic hydroxyl groups is 1. The van der Waals surface area contributed by atoms with E-state index in [0.29, 0.717) is 21.8 Å². The van der Waals surface area contributed by atoms with Crippen molar-refractivity contribution in [1.29, 1.82) is 0 Å². The van der Waals surface area contributed by atoms with Gasteiger partial charge >= 0.3 is 0 Å². The molecular formula is C16H10ClF2NO2. The Labute approximate surface area is 129 Å². The lowest BCUT2D eigenvalue weighted by Crippen LogP contribution is -1.91. The van der Waals surface area contributed by atoms with Gasteiger partial charge in [-0.15, -0.1) is 0 Å². The quantitative estimate of drug-likeness (QED) is 0.776. The minimum atomic E-state index is -0.741. The minimum Gasteiger partial charge on any atom is -0.391 e. The van der Waals surface area contributed by atoms with Crippen LogP contribution in [0.3, 0.4) is 0 Å². The molecule has 0 atom stereocenters. The number of hydrogen-bond acceptors (Lipinski definition) is 3. The molecule has 1 aromatic heterocycles. The fourth-order valence-corrected chi connectivity index (χ4v) is 2.46. The van der Waals surface area contributed by atoms with Crippen molar-refractivity contribution >= 4 is 11.6 Å². The Morgan fingerprint density at radius 3 is 2.41 bits per heavy atom. The van der Waals surface area contributed by atoms with E-state index in [1.807, 2.05) is 0 Å². The predicted octanol–water partition coefficient (Wildman–Crippen LogP) is 4.43. The smallest absolute Gasteiger partial charge is 0.173 e. The molecule has 0 spiro atoms. The van der Waals surface area contributed by atoms with E-state index in [4.69, 9.17) is 16.1 Å². The van der Waals surface area contributed by atoms with Crippen LogP contribution in [-0.4, -0.2) is 10.3 Å². The molecule has 0 bridgehead atoms. The third-order valence-electron chi connectivity index (χ3n) is 3.20. The maximum atomic E-state index is 13.4. The summed E-state index contributed by atoms with van der Waals surface area (Å²) in [6.45, 7) is -0.405. The fourth-order valence-electron chi connectivity index (χ4n) is 2.23. The number of benzene rings is 2. The Morgan fingerprint density at radius 1 is 1.09 bits per heavy atom. The van der Waals surface area contributed by atoms with Crippen molar-refractivity contribution < 1.29 is 18.4 Å². The molecule has 1 N–H and O–H groups in total. The van der Waals surface area contributed by atoms with Crippen LogP contribution >= 0.6 is 11.6 Å². The van der Waals surface area contributed by atoms with Gasteiger partial charge in [-0.05, 0) is 18.2 Å². The summed E-state index contributed by atoms with van der Waals surface area (Å²) in [7, 11) is 0. The molecule has 0 aliphatic heterocycles. The molecule has 0 unspecified atom stereocenters. The Bertz CT molecular complexity index is 813. The molecule has 3 aromatic rings. The van der Waals surface area contributed by atoms with Crippen LogP contribution in [0.5, 0.6) is 0 Å². The van der Waals surface area contributed by atoms with Crippen LogP contribution in [0.4, 0.5) is 8.78 Å². The van der Waals surface area contributed by atoms with Crippen LogP contribution in [0, 0.1) is 11.6 Å². The van der Waals surface area contributed by atoms with E-state index in [-0.39, 0.29) is 11.3 Å². The van der Waals surface area contributed by atoms with E-state index in [0.717, 1.165) is 18.2 Å². The number of halogens is 3. The first kappa shape index (κ1) is 14.7. The summed E-state index contributed by atoms with van der Waals surface area (Å²) in [6.07, 6.45) is 0. The molecule has 0 amide bonds. The second-order valence-corrected chi connectivity index (χ2v) is 5.04. The molecule has 2 aromatic carbocycles. The van der Waals surface area contributed by atoms with Crippen LogP contribution in [0.2, 0.25) is 5.02 Å². The summed E-state index contributed by atoms with van der Waals surface area (Å²) in [5.74, 6) is -1.38. The third-order valence-corrected chi connectivity index (χ3v) is 3.53. The second-order valence-electron chi connectivity index (χ2n) is 4.63. The zero-order chi connectivity index (χ0) is 15.7. The van der Waals surface area contributed by atoms with Crippen LogP contribution in [-0.2, 0) is 6.61 Å². The first-order chi connectivity index (χ1) is 10.6. The van der Waals surface area contributed by atoms with Gasteiger partial charge in [0.1, 0.15) is 17.3 Å². The van der Waals surface area contributed by atoms with Gasteiger partial charge in [0.25, 0.3) is 0 Å². The van der Waals surface area contributed by atoms with Crippen molar-refractivity contribution in [2.45, 2.75) is 6.61 Å². The first-order valence-corrected chi connectivity index (χ1v) is 6.78. The first-order valence-electron chi connectivity index (χ1n) is 6.41. The van der Waals surface area contributed by atoms with Crippen molar-refractivity contribution in [3.8, 4) is 22.6 Å². The minimum absolute atomic E-state index is 0.107. The highest BCUT2D eigenvalue weighted by Gasteiger charge is 2.20. The van der Waals surface area contributed by atoms with Crippen molar-refractivity contribution in [1.82, 2.24) is 5.16 Å². The lowest BCUT2D eigenvalue weighted by Gasteiger charge is -2.03. The molecule has 0 saturated heterocycles. The summed E-state index contributed by atoms with van der Waals surface area (Å²) in [6, 6.07) is 9.89. The molecule has 0 saturated carbocycles. The number of rotatable bonds is 3. The average Bonchev–Trinajstić information content (AvgIpc) is 2.90. The van der Waals surface area contributed by atoms with Crippen LogP contribution < -0.4 is 0 Å². The van der Waals surface area contributed by atoms with Gasteiger partial charge in [0, 0.05) is 17.2 Å². The highest BCUT2D eigenvalue weighted by molar-refractivity contribution is 6.33. The number of hydrogen-bond donors (Lipinski definition) is 1. The van der Waals surface area contributed by atoms with Gasteiger partial charge < -0.3 is 9.63 Å². The molecule has 112 valence electrons. The maximum absolute atomic E-state index is 13.4. The van der Waals surface area contributed by atoms with Gasteiger partial charge in [0.15, 0.2) is 5.76 Å². The number of nitrogens with zero attached hydrogens (tertiary/aromatic N) is 1. The number of aliphatic hydroxyl groups excluding tert-OH is 1. The zero-order valence-corrected chi connectivity index (χ0v) is 11.9. The monoisotopic (exact) mass is 321 g/mol. The molecule has 3 nitrogen and oxygen atoms in total. The summed E-state index contributed by atoms with van der Waals surface area (Å²) in [5, 5.41) is 13.9. The molecule has 3 rings (SSSR count). The lowest BCUT2D eigenvalue weighted by atomic mass is 10.0. The molecule has 0 aliphatic carbocycles. The fraction of sp³-hybridized carbons (Fsp3) is 0.0625. The van der Waals surface area contributed by atoms with E-state index in [9.17, 15) is 13.9 Å². The molecule has 0 radical (unpaired) electrons. The molecule has 22 heavy (non-hydrogen) atoms. The van der Waals surface area contributed by atoms with Crippen molar-refractivity contribution in [3.63, 3.8) is 0 Å². The van der Waals surface area contributed by atoms with Gasteiger partial charge in [-0.1, -0.05) is 35.0 Å². The molecular weight excluding hydrogens is 312 g/mol. The van der Waals surface area contributed by atoms with Crippen LogP contribution in [0.25, 0.3) is 22.6 Å². The second kappa shape index (κ2) is 5.87. The van der Waals surface area contributed by atoms with Crippen molar-refractivity contribution in [3.05, 3.63) is 64.7 Å². The highest BCUT2D eigenvalue weighted by atomic mass is 35.5. The third kappa shape index (κ3) is 2.61. The van der Waals surface area contributed by atoms with E-state index in [2.05, 4.69) is 5.16 Å². The summed E-state index contributed by atoms with van der Waals surface area (Å²) >= 11 is 6.11. The van der Waals surface area contributed by atoms with Gasteiger partial charge in [-0.3, -0.25) is 0 Å². The molecule has 1 heterocycles. The predicted molar refractivity (Wildman–Crippen MR) is 78.2 cm³/mol. The van der Waals surface area contributed by atoms with Crippen molar-refractivity contribution in [2.75, 3.05) is 0 Å². The Hall–Kier alpha value is -2.24. The average molecular weight is 322 g/mol. The van der Waals surface area contributed by atoms with Gasteiger partial charge in [-0.2, -0.15) is 0 Å². The van der Waals surface area contributed by atoms with E-state index in [1.165, 1.54) is 0 Å². The van der Waals surface area contributed by atoms with E-state index >= 15 is 0 Å². The maximum Gasteiger partial charge on any atom is 0.173 e. The lowest BCUT2D eigenvalue weighted by molar-refractivity contribution is 0.281. The van der Waals surface area contributed by atoms with Gasteiger partial charge in [0.05, 0.1) is 17.2 Å². The number of aromatic nitrogens is 1. The summed E-state index contributed by atoms with van der Waals surface area (Å²) < 4.78 is 31.9. The van der Waals surface area contributed by atoms with Crippen molar-refractivity contribution in [2.24, 2.45) is 0 Å². The van der Waals surface area contributed by atoms with E-state index in [1.54, 1.807) is 24.3 Å². The standard InChI is InChI=1S/C16H10ClF2NO2/c17-14-4-2-1-3-12(14)15-13(8-21)16(22-20-15)9-5-10(18)7-11(19)6-9/h1-7,21H,8H2. The van der Waals surface area contributed by atoms with Crippen LogP contribution in [0.15, 0.2) is 47.0 Å². The zero-order valence-electron chi connectivity index (χ0n) is 11.2. The van der Waals surface area contributed by atoms with Gasteiger partial charge in [0.2, 0.25) is 0 Å². The Kier molecular flexibility index (Phi) is 3.92. The topological polar surface area (TPSA) is 46.3 Å². The summed E-state index contributed by atoms with van der Waals surface area (Å²) in [4.78, 5) is 0. The normalized spacial score (nSPS) is 10.9. The van der Waals surface area contributed by atoms with Crippen LogP contribution in [0.1, 0.15) is 5.56 Å². The Balaban J connectivity index is 2.18. The highest BCUT2D eigenvalue weighted by Crippen LogP contribution is 2.35. The SMILES string of the molecule is OCc1c(-c2ccccc2Cl)noc1-c1cc(F)cc(F)c1. The Morgan fingerprint density at radius 2 is 1.77 bits per heavy atom. The summed E-state index contributed by atoms with van der Waals surface area (Å²) in [5.41, 5.74) is 1.39.